The lowest BCUT2D eigenvalue weighted by Gasteiger charge is -2.13. The van der Waals surface area contributed by atoms with E-state index in [-0.39, 0.29) is 0 Å². The number of pyridine rings is 1. The summed E-state index contributed by atoms with van der Waals surface area (Å²) in [5.41, 5.74) is 6.32. The Labute approximate surface area is 171 Å². The van der Waals surface area contributed by atoms with Gasteiger partial charge in [0.25, 0.3) is 0 Å². The number of imidazole rings is 1. The summed E-state index contributed by atoms with van der Waals surface area (Å²) in [6.07, 6.45) is 10.00. The molecule has 1 saturated carbocycles. The summed E-state index contributed by atoms with van der Waals surface area (Å²) in [5, 5.41) is 6.72. The SMILES string of the molecule is C=N/C(=C\n1c(C2CC2)cnc1CNc1cc(NC)ccc1C)c1cccnc1. The first-order valence-corrected chi connectivity index (χ1v) is 9.87. The molecule has 0 radical (unpaired) electrons. The Morgan fingerprint density at radius 2 is 2.17 bits per heavy atom. The van der Waals surface area contributed by atoms with Gasteiger partial charge in [0, 0.05) is 60.4 Å². The van der Waals surface area contributed by atoms with Crippen molar-refractivity contribution in [3.05, 3.63) is 71.6 Å². The fourth-order valence-electron chi connectivity index (χ4n) is 3.36. The number of aryl methyl sites for hydroxylation is 1. The summed E-state index contributed by atoms with van der Waals surface area (Å²) in [7, 11) is 1.93. The number of aromatic nitrogens is 3. The Morgan fingerprint density at radius 3 is 2.86 bits per heavy atom. The number of benzene rings is 1. The maximum absolute atomic E-state index is 4.71. The van der Waals surface area contributed by atoms with Gasteiger partial charge < -0.3 is 15.2 Å². The molecule has 1 aliphatic carbocycles. The average Bonchev–Trinajstić information content (AvgIpc) is 3.53. The summed E-state index contributed by atoms with van der Waals surface area (Å²) in [5.74, 6) is 1.52. The minimum atomic E-state index is 0.571. The summed E-state index contributed by atoms with van der Waals surface area (Å²) < 4.78 is 2.17. The third-order valence-corrected chi connectivity index (χ3v) is 5.24. The molecular weight excluding hydrogens is 360 g/mol. The number of rotatable bonds is 8. The van der Waals surface area contributed by atoms with Gasteiger partial charge in [-0.15, -0.1) is 0 Å². The van der Waals surface area contributed by atoms with Gasteiger partial charge in [0.15, 0.2) is 0 Å². The van der Waals surface area contributed by atoms with Crippen LogP contribution in [0, 0.1) is 6.92 Å². The van der Waals surface area contributed by atoms with Gasteiger partial charge in [-0.25, -0.2) is 4.98 Å². The van der Waals surface area contributed by atoms with E-state index in [4.69, 9.17) is 4.98 Å². The van der Waals surface area contributed by atoms with E-state index in [0.29, 0.717) is 12.5 Å². The highest BCUT2D eigenvalue weighted by Gasteiger charge is 2.28. The topological polar surface area (TPSA) is 67.1 Å². The maximum atomic E-state index is 4.71. The van der Waals surface area contributed by atoms with Crippen molar-refractivity contribution in [1.82, 2.24) is 14.5 Å². The first-order valence-electron chi connectivity index (χ1n) is 9.87. The third kappa shape index (κ3) is 4.21. The number of anilines is 2. The van der Waals surface area contributed by atoms with Crippen LogP contribution in [0.3, 0.4) is 0 Å². The van der Waals surface area contributed by atoms with Crippen LogP contribution in [-0.2, 0) is 6.54 Å². The van der Waals surface area contributed by atoms with Crippen LogP contribution in [0.25, 0.3) is 11.9 Å². The zero-order valence-electron chi connectivity index (χ0n) is 16.9. The van der Waals surface area contributed by atoms with Crippen molar-refractivity contribution in [1.29, 1.82) is 0 Å². The number of hydrogen-bond acceptors (Lipinski definition) is 5. The lowest BCUT2D eigenvalue weighted by Crippen LogP contribution is -2.08. The van der Waals surface area contributed by atoms with Crippen molar-refractivity contribution in [3.63, 3.8) is 0 Å². The van der Waals surface area contributed by atoms with Crippen molar-refractivity contribution in [3.8, 4) is 0 Å². The maximum Gasteiger partial charge on any atom is 0.132 e. The minimum Gasteiger partial charge on any atom is -0.388 e. The summed E-state index contributed by atoms with van der Waals surface area (Å²) in [6, 6.07) is 10.2. The molecule has 0 saturated heterocycles. The molecule has 29 heavy (non-hydrogen) atoms. The third-order valence-electron chi connectivity index (χ3n) is 5.24. The molecule has 0 spiro atoms. The van der Waals surface area contributed by atoms with Crippen LogP contribution in [0.4, 0.5) is 11.4 Å². The van der Waals surface area contributed by atoms with Gasteiger partial charge in [0.1, 0.15) is 5.82 Å². The molecule has 2 heterocycles. The van der Waals surface area contributed by atoms with E-state index in [1.807, 2.05) is 31.6 Å². The molecule has 3 aromatic rings. The molecule has 6 heteroatoms. The molecule has 6 nitrogen and oxygen atoms in total. The molecule has 0 unspecified atom stereocenters. The average molecular weight is 387 g/mol. The van der Waals surface area contributed by atoms with Crippen LogP contribution in [-0.4, -0.2) is 28.3 Å². The van der Waals surface area contributed by atoms with Crippen molar-refractivity contribution in [2.75, 3.05) is 17.7 Å². The quantitative estimate of drug-likeness (QED) is 0.547. The van der Waals surface area contributed by atoms with Gasteiger partial charge in [-0.05, 0) is 56.3 Å². The highest BCUT2D eigenvalue weighted by Crippen LogP contribution is 2.40. The second-order valence-corrected chi connectivity index (χ2v) is 7.29. The monoisotopic (exact) mass is 386 g/mol. The molecule has 1 aromatic carbocycles. The normalized spacial score (nSPS) is 13.9. The van der Waals surface area contributed by atoms with E-state index in [1.54, 1.807) is 12.4 Å². The largest absolute Gasteiger partial charge is 0.388 e. The van der Waals surface area contributed by atoms with Gasteiger partial charge in [0.05, 0.1) is 12.2 Å². The fraction of sp³-hybridized carbons (Fsp3) is 0.261. The number of aliphatic imine (C=N–C) groups is 1. The van der Waals surface area contributed by atoms with E-state index in [2.05, 4.69) is 57.0 Å². The van der Waals surface area contributed by atoms with Gasteiger partial charge in [0.2, 0.25) is 0 Å². The van der Waals surface area contributed by atoms with Gasteiger partial charge >= 0.3 is 0 Å². The number of nitrogens with one attached hydrogen (secondary N) is 2. The molecule has 1 fully saturated rings. The van der Waals surface area contributed by atoms with Crippen molar-refractivity contribution >= 4 is 30.0 Å². The van der Waals surface area contributed by atoms with E-state index < -0.39 is 0 Å². The van der Waals surface area contributed by atoms with E-state index >= 15 is 0 Å². The Kier molecular flexibility index (Phi) is 5.42. The predicted octanol–water partition coefficient (Wildman–Crippen LogP) is 4.77. The van der Waals surface area contributed by atoms with Gasteiger partial charge in [-0.1, -0.05) is 6.07 Å². The van der Waals surface area contributed by atoms with Gasteiger partial charge in [-0.2, -0.15) is 0 Å². The van der Waals surface area contributed by atoms with E-state index in [1.165, 1.54) is 24.1 Å². The molecule has 0 bridgehead atoms. The first kappa shape index (κ1) is 18.9. The minimum absolute atomic E-state index is 0.571. The van der Waals surface area contributed by atoms with Crippen LogP contribution in [0.5, 0.6) is 0 Å². The summed E-state index contributed by atoms with van der Waals surface area (Å²) in [4.78, 5) is 13.2. The standard InChI is InChI=1S/C23H26N6/c1-16-6-9-19(24-2)11-20(16)27-14-23-28-13-22(17-7-8-17)29(23)15-21(25-3)18-5-4-10-26-12-18/h4-6,9-13,15,17,24,27H,3,7-8,14H2,1-2H3/b21-15-. The predicted molar refractivity (Wildman–Crippen MR) is 120 cm³/mol. The van der Waals surface area contributed by atoms with Crippen molar-refractivity contribution in [2.24, 2.45) is 4.99 Å². The highest BCUT2D eigenvalue weighted by atomic mass is 15.1. The van der Waals surface area contributed by atoms with Crippen LogP contribution in [0.2, 0.25) is 0 Å². The van der Waals surface area contributed by atoms with Crippen LogP contribution < -0.4 is 10.6 Å². The van der Waals surface area contributed by atoms with Gasteiger partial charge in [-0.3, -0.25) is 9.98 Å². The molecule has 1 aliphatic rings. The van der Waals surface area contributed by atoms with E-state index in [0.717, 1.165) is 28.5 Å². The number of nitrogens with zero attached hydrogens (tertiary/aromatic N) is 4. The second-order valence-electron chi connectivity index (χ2n) is 7.29. The molecule has 148 valence electrons. The molecule has 0 atom stereocenters. The molecular formula is C23H26N6. The Balaban J connectivity index is 1.65. The fourth-order valence-corrected chi connectivity index (χ4v) is 3.36. The molecule has 4 rings (SSSR count). The smallest absolute Gasteiger partial charge is 0.132 e. The molecule has 2 N–H and O–H groups in total. The van der Waals surface area contributed by atoms with Crippen LogP contribution >= 0.6 is 0 Å². The zero-order valence-corrected chi connectivity index (χ0v) is 16.9. The van der Waals surface area contributed by atoms with E-state index in [9.17, 15) is 0 Å². The Bertz CT molecular complexity index is 1030. The lowest BCUT2D eigenvalue weighted by molar-refractivity contribution is 0.881. The van der Waals surface area contributed by atoms with Crippen molar-refractivity contribution < 1.29 is 0 Å². The van der Waals surface area contributed by atoms with Crippen LogP contribution in [0.1, 0.15) is 41.4 Å². The molecule has 2 aromatic heterocycles. The number of hydrogen-bond donors (Lipinski definition) is 2. The molecule has 0 aliphatic heterocycles. The lowest BCUT2D eigenvalue weighted by atomic mass is 10.2. The summed E-state index contributed by atoms with van der Waals surface area (Å²) >= 11 is 0. The summed E-state index contributed by atoms with van der Waals surface area (Å²) in [6.45, 7) is 6.48. The zero-order chi connectivity index (χ0) is 20.2. The van der Waals surface area contributed by atoms with Crippen molar-refractivity contribution in [2.45, 2.75) is 32.2 Å². The first-order chi connectivity index (χ1) is 14.2. The Hall–Kier alpha value is -3.41. The second kappa shape index (κ2) is 8.31. The highest BCUT2D eigenvalue weighted by molar-refractivity contribution is 5.77. The Morgan fingerprint density at radius 1 is 1.31 bits per heavy atom. The van der Waals surface area contributed by atoms with Crippen LogP contribution in [0.15, 0.2) is 53.9 Å². The molecule has 0 amide bonds.